The number of anilines is 1. The molecule has 1 amide bonds. The number of nitrogens with one attached hydrogen (secondary N) is 1. The molecule has 2 N–H and O–H groups in total. The summed E-state index contributed by atoms with van der Waals surface area (Å²) in [5.74, 6) is 0.789. The molecular formula is C18H22ClN3O3. The molecule has 7 heteroatoms. The van der Waals surface area contributed by atoms with E-state index >= 15 is 0 Å². The molecular weight excluding hydrogens is 342 g/mol. The van der Waals surface area contributed by atoms with Gasteiger partial charge in [-0.05, 0) is 30.9 Å². The quantitative estimate of drug-likeness (QED) is 0.827. The van der Waals surface area contributed by atoms with Gasteiger partial charge in [-0.25, -0.2) is 4.68 Å². The smallest absolute Gasteiger partial charge is 0.225 e. The molecule has 2 aromatic rings. The second-order valence-electron chi connectivity index (χ2n) is 6.20. The van der Waals surface area contributed by atoms with E-state index in [1.165, 1.54) is 0 Å². The number of halogens is 1. The number of benzene rings is 1. The molecule has 1 saturated heterocycles. The largest absolute Gasteiger partial charge is 0.394 e. The van der Waals surface area contributed by atoms with Gasteiger partial charge in [-0.2, -0.15) is 5.10 Å². The highest BCUT2D eigenvalue weighted by atomic mass is 35.5. The molecule has 0 spiro atoms. The molecule has 134 valence electrons. The van der Waals surface area contributed by atoms with Crippen molar-refractivity contribution in [2.45, 2.75) is 25.8 Å². The number of aliphatic hydroxyl groups excluding tert-OH is 1. The van der Waals surface area contributed by atoms with Crippen LogP contribution in [0, 0.1) is 5.92 Å². The van der Waals surface area contributed by atoms with E-state index < -0.39 is 0 Å². The summed E-state index contributed by atoms with van der Waals surface area (Å²) >= 11 is 5.92. The zero-order chi connectivity index (χ0) is 17.6. The Balaban J connectivity index is 1.72. The summed E-state index contributed by atoms with van der Waals surface area (Å²) in [6, 6.07) is 9.15. The third-order valence-corrected chi connectivity index (χ3v) is 4.48. The van der Waals surface area contributed by atoms with Gasteiger partial charge in [0.2, 0.25) is 5.91 Å². The van der Waals surface area contributed by atoms with Crippen LogP contribution in [0.3, 0.4) is 0 Å². The van der Waals surface area contributed by atoms with E-state index in [4.69, 9.17) is 16.3 Å². The Hall–Kier alpha value is -1.89. The predicted octanol–water partition coefficient (Wildman–Crippen LogP) is 2.95. The summed E-state index contributed by atoms with van der Waals surface area (Å²) in [6.07, 6.45) is 2.45. The number of carbonyl (C=O) groups is 1. The van der Waals surface area contributed by atoms with Gasteiger partial charge in [0.25, 0.3) is 0 Å². The van der Waals surface area contributed by atoms with E-state index in [-0.39, 0.29) is 18.4 Å². The first kappa shape index (κ1) is 17.9. The average molecular weight is 364 g/mol. The minimum Gasteiger partial charge on any atom is -0.394 e. The fraction of sp³-hybridized carbons (Fsp3) is 0.444. The first-order valence-electron chi connectivity index (χ1n) is 8.48. The number of rotatable bonds is 6. The molecule has 1 atom stereocenters. The number of hydrogen-bond donors (Lipinski definition) is 2. The topological polar surface area (TPSA) is 76.4 Å². The van der Waals surface area contributed by atoms with Crippen molar-refractivity contribution in [2.24, 2.45) is 5.92 Å². The molecule has 0 radical (unpaired) electrons. The van der Waals surface area contributed by atoms with Crippen molar-refractivity contribution in [2.75, 3.05) is 25.1 Å². The summed E-state index contributed by atoms with van der Waals surface area (Å²) < 4.78 is 7.04. The molecule has 3 rings (SSSR count). The molecule has 0 aliphatic carbocycles. The van der Waals surface area contributed by atoms with Crippen molar-refractivity contribution in [3.05, 3.63) is 35.4 Å². The fourth-order valence-corrected chi connectivity index (χ4v) is 3.09. The Labute approximate surface area is 151 Å². The Morgan fingerprint density at radius 2 is 2.20 bits per heavy atom. The van der Waals surface area contributed by atoms with E-state index in [2.05, 4.69) is 10.4 Å². The lowest BCUT2D eigenvalue weighted by Crippen LogP contribution is -2.24. The molecule has 0 saturated carbocycles. The Kier molecular flexibility index (Phi) is 6.07. The highest BCUT2D eigenvalue weighted by Crippen LogP contribution is 2.24. The average Bonchev–Trinajstić information content (AvgIpc) is 2.99. The number of amides is 1. The monoisotopic (exact) mass is 363 g/mol. The predicted molar refractivity (Wildman–Crippen MR) is 96.5 cm³/mol. The highest BCUT2D eigenvalue weighted by Gasteiger charge is 2.19. The van der Waals surface area contributed by atoms with Crippen molar-refractivity contribution in [1.82, 2.24) is 9.78 Å². The van der Waals surface area contributed by atoms with Crippen LogP contribution in [-0.4, -0.2) is 40.6 Å². The summed E-state index contributed by atoms with van der Waals surface area (Å²) in [5.41, 5.74) is 1.62. The van der Waals surface area contributed by atoms with E-state index in [0.717, 1.165) is 30.7 Å². The van der Waals surface area contributed by atoms with E-state index in [9.17, 15) is 9.90 Å². The number of ether oxygens (including phenoxy) is 1. The summed E-state index contributed by atoms with van der Waals surface area (Å²) in [5, 5.41) is 17.3. The van der Waals surface area contributed by atoms with Gasteiger partial charge < -0.3 is 15.2 Å². The molecule has 1 unspecified atom stereocenters. The number of nitrogens with zero attached hydrogens (tertiary/aromatic N) is 2. The van der Waals surface area contributed by atoms with Gasteiger partial charge in [-0.3, -0.25) is 4.79 Å². The van der Waals surface area contributed by atoms with Gasteiger partial charge in [0, 0.05) is 36.3 Å². The van der Waals surface area contributed by atoms with Crippen LogP contribution >= 0.6 is 11.6 Å². The first-order chi connectivity index (χ1) is 12.2. The zero-order valence-corrected chi connectivity index (χ0v) is 14.7. The van der Waals surface area contributed by atoms with Crippen LogP contribution in [0.1, 0.15) is 19.3 Å². The van der Waals surface area contributed by atoms with Gasteiger partial charge in [0.1, 0.15) is 5.82 Å². The maximum atomic E-state index is 12.3. The summed E-state index contributed by atoms with van der Waals surface area (Å²) in [4.78, 5) is 12.3. The molecule has 1 aliphatic rings. The number of hydrogen-bond acceptors (Lipinski definition) is 4. The standard InChI is InChI=1S/C18H22ClN3O3/c19-15-5-3-14(4-6-15)16-11-17(22(21-16)7-8-23)20-18(24)10-13-2-1-9-25-12-13/h3-6,11,13,23H,1-2,7-10,12H2,(H,20,24). The Morgan fingerprint density at radius 1 is 1.40 bits per heavy atom. The maximum absolute atomic E-state index is 12.3. The second kappa shape index (κ2) is 8.47. The normalized spacial score (nSPS) is 17.4. The maximum Gasteiger partial charge on any atom is 0.225 e. The summed E-state index contributed by atoms with van der Waals surface area (Å²) in [7, 11) is 0. The van der Waals surface area contributed by atoms with Gasteiger partial charge >= 0.3 is 0 Å². The van der Waals surface area contributed by atoms with E-state index in [1.54, 1.807) is 16.8 Å². The van der Waals surface area contributed by atoms with Crippen LogP contribution in [-0.2, 0) is 16.1 Å². The lowest BCUT2D eigenvalue weighted by atomic mass is 9.98. The van der Waals surface area contributed by atoms with Gasteiger partial charge in [0.15, 0.2) is 0 Å². The van der Waals surface area contributed by atoms with E-state index in [1.807, 2.05) is 18.2 Å². The lowest BCUT2D eigenvalue weighted by Gasteiger charge is -2.21. The SMILES string of the molecule is O=C(CC1CCCOC1)Nc1cc(-c2ccc(Cl)cc2)nn1CCO. The molecule has 1 aromatic heterocycles. The zero-order valence-electron chi connectivity index (χ0n) is 13.9. The van der Waals surface area contributed by atoms with Crippen LogP contribution in [0.5, 0.6) is 0 Å². The van der Waals surface area contributed by atoms with Crippen LogP contribution in [0.2, 0.25) is 5.02 Å². The lowest BCUT2D eigenvalue weighted by molar-refractivity contribution is -0.118. The van der Waals surface area contributed by atoms with Crippen LogP contribution in [0.25, 0.3) is 11.3 Å². The third kappa shape index (κ3) is 4.81. The Bertz CT molecular complexity index is 709. The molecule has 1 aromatic carbocycles. The second-order valence-corrected chi connectivity index (χ2v) is 6.64. The van der Waals surface area contributed by atoms with Gasteiger partial charge in [-0.15, -0.1) is 0 Å². The minimum atomic E-state index is -0.0581. The minimum absolute atomic E-state index is 0.0545. The van der Waals surface area contributed by atoms with Gasteiger partial charge in [-0.1, -0.05) is 23.7 Å². The molecule has 25 heavy (non-hydrogen) atoms. The number of aliphatic hydroxyl groups is 1. The molecule has 1 aliphatic heterocycles. The molecule has 2 heterocycles. The van der Waals surface area contributed by atoms with Crippen molar-refractivity contribution >= 4 is 23.3 Å². The van der Waals surface area contributed by atoms with Gasteiger partial charge in [0.05, 0.1) is 18.8 Å². The van der Waals surface area contributed by atoms with Crippen molar-refractivity contribution in [3.63, 3.8) is 0 Å². The van der Waals surface area contributed by atoms with Crippen molar-refractivity contribution in [1.29, 1.82) is 0 Å². The number of carbonyl (C=O) groups excluding carboxylic acids is 1. The molecule has 1 fully saturated rings. The molecule has 6 nitrogen and oxygen atoms in total. The third-order valence-electron chi connectivity index (χ3n) is 4.23. The summed E-state index contributed by atoms with van der Waals surface area (Å²) in [6.45, 7) is 1.68. The first-order valence-corrected chi connectivity index (χ1v) is 8.86. The fourth-order valence-electron chi connectivity index (χ4n) is 2.97. The van der Waals surface area contributed by atoms with Crippen LogP contribution < -0.4 is 5.32 Å². The highest BCUT2D eigenvalue weighted by molar-refractivity contribution is 6.30. The van der Waals surface area contributed by atoms with Crippen LogP contribution in [0.15, 0.2) is 30.3 Å². The van der Waals surface area contributed by atoms with Crippen molar-refractivity contribution < 1.29 is 14.6 Å². The number of aromatic nitrogens is 2. The van der Waals surface area contributed by atoms with E-state index in [0.29, 0.717) is 30.4 Å². The van der Waals surface area contributed by atoms with Crippen LogP contribution in [0.4, 0.5) is 5.82 Å². The Morgan fingerprint density at radius 3 is 2.88 bits per heavy atom. The van der Waals surface area contributed by atoms with Crippen molar-refractivity contribution in [3.8, 4) is 11.3 Å². The molecule has 0 bridgehead atoms.